The summed E-state index contributed by atoms with van der Waals surface area (Å²) in [5.74, 6) is 1.67. The second-order valence-corrected chi connectivity index (χ2v) is 9.38. The zero-order valence-electron chi connectivity index (χ0n) is 16.0. The Balaban J connectivity index is 1.42. The SMILES string of the molecule is Cc1nc2cc(-c3ccc(N(C)[C@@H]4C[C@H]5CC[C@H](C5)[C@@H]4F)nn3)c(O)cc2s1. The number of phenolic OH excluding ortho intramolecular Hbond substituents is 1. The molecular formula is C21H23FN4OS. The molecule has 2 aliphatic carbocycles. The topological polar surface area (TPSA) is 62.1 Å². The van der Waals surface area contributed by atoms with Crippen molar-refractivity contribution >= 4 is 27.4 Å². The lowest BCUT2D eigenvalue weighted by Crippen LogP contribution is -2.46. The lowest BCUT2D eigenvalue weighted by molar-refractivity contribution is 0.144. The second kappa shape index (κ2) is 6.65. The minimum absolute atomic E-state index is 0.130. The number of rotatable bonds is 3. The predicted octanol–water partition coefficient (Wildman–Crippen LogP) is 4.73. The van der Waals surface area contributed by atoms with Crippen LogP contribution in [-0.4, -0.2) is 39.5 Å². The lowest BCUT2D eigenvalue weighted by Gasteiger charge is -2.38. The van der Waals surface area contributed by atoms with Crippen molar-refractivity contribution in [1.29, 1.82) is 0 Å². The highest BCUT2D eigenvalue weighted by Crippen LogP contribution is 2.45. The van der Waals surface area contributed by atoms with Crippen LogP contribution in [-0.2, 0) is 0 Å². The van der Waals surface area contributed by atoms with Gasteiger partial charge in [0.05, 0.1) is 27.0 Å². The van der Waals surface area contributed by atoms with Crippen molar-refractivity contribution in [1.82, 2.24) is 15.2 Å². The third kappa shape index (κ3) is 2.92. The zero-order chi connectivity index (χ0) is 19.4. The summed E-state index contributed by atoms with van der Waals surface area (Å²) in [6.07, 6.45) is 3.28. The minimum Gasteiger partial charge on any atom is -0.507 e. The van der Waals surface area contributed by atoms with E-state index in [1.54, 1.807) is 17.4 Å². The van der Waals surface area contributed by atoms with E-state index in [1.165, 1.54) is 0 Å². The molecule has 28 heavy (non-hydrogen) atoms. The van der Waals surface area contributed by atoms with Gasteiger partial charge in [0.2, 0.25) is 0 Å². The molecule has 1 aromatic carbocycles. The Hall–Kier alpha value is -2.28. The number of aromatic hydroxyl groups is 1. The Morgan fingerprint density at radius 1 is 1.18 bits per heavy atom. The molecule has 1 N–H and O–H groups in total. The van der Waals surface area contributed by atoms with Crippen LogP contribution in [0.1, 0.15) is 30.7 Å². The minimum atomic E-state index is -0.801. The number of hydrogen-bond acceptors (Lipinski definition) is 6. The van der Waals surface area contributed by atoms with Crippen molar-refractivity contribution in [3.8, 4) is 17.0 Å². The van der Waals surface area contributed by atoms with Gasteiger partial charge < -0.3 is 10.0 Å². The number of alkyl halides is 1. The maximum Gasteiger partial charge on any atom is 0.151 e. The van der Waals surface area contributed by atoms with E-state index in [2.05, 4.69) is 15.2 Å². The van der Waals surface area contributed by atoms with Gasteiger partial charge in [0, 0.05) is 18.7 Å². The van der Waals surface area contributed by atoms with Crippen molar-refractivity contribution in [3.63, 3.8) is 0 Å². The normalized spacial score (nSPS) is 26.7. The van der Waals surface area contributed by atoms with Gasteiger partial charge >= 0.3 is 0 Å². The number of hydrogen-bond donors (Lipinski definition) is 1. The molecule has 3 aromatic rings. The summed E-state index contributed by atoms with van der Waals surface area (Å²) in [7, 11) is 1.91. The largest absolute Gasteiger partial charge is 0.507 e. The smallest absolute Gasteiger partial charge is 0.151 e. The van der Waals surface area contributed by atoms with Gasteiger partial charge in [0.15, 0.2) is 5.82 Å². The first-order chi connectivity index (χ1) is 13.5. The number of phenols is 1. The Morgan fingerprint density at radius 3 is 2.82 bits per heavy atom. The van der Waals surface area contributed by atoms with Gasteiger partial charge in [-0.3, -0.25) is 0 Å². The number of nitrogens with zero attached hydrogens (tertiary/aromatic N) is 4. The quantitative estimate of drug-likeness (QED) is 0.691. The number of benzene rings is 1. The zero-order valence-corrected chi connectivity index (χ0v) is 16.8. The summed E-state index contributed by atoms with van der Waals surface area (Å²) in [5, 5.41) is 20.0. The fourth-order valence-electron chi connectivity index (χ4n) is 4.88. The van der Waals surface area contributed by atoms with Crippen LogP contribution in [0.2, 0.25) is 0 Å². The molecule has 2 fully saturated rings. The van der Waals surface area contributed by atoms with Gasteiger partial charge in [-0.05, 0) is 62.6 Å². The van der Waals surface area contributed by atoms with E-state index in [4.69, 9.17) is 0 Å². The van der Waals surface area contributed by atoms with Gasteiger partial charge in [-0.1, -0.05) is 0 Å². The van der Waals surface area contributed by atoms with E-state index in [9.17, 15) is 9.50 Å². The second-order valence-electron chi connectivity index (χ2n) is 8.14. The van der Waals surface area contributed by atoms with Gasteiger partial charge in [0.1, 0.15) is 11.9 Å². The van der Waals surface area contributed by atoms with Gasteiger partial charge in [-0.2, -0.15) is 0 Å². The van der Waals surface area contributed by atoms with Crippen LogP contribution in [0, 0.1) is 18.8 Å². The summed E-state index contributed by atoms with van der Waals surface area (Å²) in [5.41, 5.74) is 2.04. The van der Waals surface area contributed by atoms with E-state index in [0.717, 1.165) is 40.9 Å². The van der Waals surface area contributed by atoms with Crippen LogP contribution < -0.4 is 4.90 Å². The van der Waals surface area contributed by atoms with Crippen LogP contribution in [0.25, 0.3) is 21.5 Å². The van der Waals surface area contributed by atoms with E-state index in [1.807, 2.05) is 37.1 Å². The van der Waals surface area contributed by atoms with Gasteiger partial charge in [-0.25, -0.2) is 9.37 Å². The van der Waals surface area contributed by atoms with Gasteiger partial charge in [0.25, 0.3) is 0 Å². The molecule has 2 heterocycles. The molecule has 0 spiro atoms. The van der Waals surface area contributed by atoms with Crippen LogP contribution >= 0.6 is 11.3 Å². The van der Waals surface area contributed by atoms with Crippen LogP contribution in [0.4, 0.5) is 10.2 Å². The molecule has 4 atom stereocenters. The molecule has 0 saturated heterocycles. The average molecular weight is 399 g/mol. The average Bonchev–Trinajstić information content (AvgIpc) is 3.26. The van der Waals surface area contributed by atoms with E-state index >= 15 is 0 Å². The Morgan fingerprint density at radius 2 is 2.04 bits per heavy atom. The fourth-order valence-corrected chi connectivity index (χ4v) is 5.73. The Labute approximate surface area is 167 Å². The first-order valence-corrected chi connectivity index (χ1v) is 10.6. The summed E-state index contributed by atoms with van der Waals surface area (Å²) in [4.78, 5) is 6.43. The van der Waals surface area contributed by atoms with Crippen LogP contribution in [0.3, 0.4) is 0 Å². The number of aromatic nitrogens is 3. The summed E-state index contributed by atoms with van der Waals surface area (Å²) in [6, 6.07) is 7.14. The van der Waals surface area contributed by atoms with Crippen molar-refractivity contribution in [2.24, 2.45) is 11.8 Å². The van der Waals surface area contributed by atoms with Crippen molar-refractivity contribution < 1.29 is 9.50 Å². The van der Waals surface area contributed by atoms with Crippen LogP contribution in [0.15, 0.2) is 24.3 Å². The van der Waals surface area contributed by atoms with E-state index < -0.39 is 6.17 Å². The van der Waals surface area contributed by atoms with Crippen molar-refractivity contribution in [2.45, 2.75) is 44.8 Å². The number of halogens is 1. The lowest BCUT2D eigenvalue weighted by atomic mass is 9.83. The Bertz CT molecular complexity index is 1020. The molecule has 5 rings (SSSR count). The Kier molecular flexibility index (Phi) is 4.23. The highest BCUT2D eigenvalue weighted by atomic mass is 32.1. The third-order valence-electron chi connectivity index (χ3n) is 6.37. The number of anilines is 1. The molecule has 0 amide bonds. The summed E-state index contributed by atoms with van der Waals surface area (Å²) >= 11 is 1.55. The predicted molar refractivity (Wildman–Crippen MR) is 110 cm³/mol. The summed E-state index contributed by atoms with van der Waals surface area (Å²) < 4.78 is 15.8. The maximum atomic E-state index is 14.9. The first-order valence-electron chi connectivity index (χ1n) is 9.81. The number of aryl methyl sites for hydroxylation is 1. The molecule has 2 aliphatic rings. The molecule has 2 aromatic heterocycles. The molecule has 2 saturated carbocycles. The first kappa shape index (κ1) is 17.8. The van der Waals surface area contributed by atoms with Gasteiger partial charge in [-0.15, -0.1) is 21.5 Å². The molecule has 5 nitrogen and oxygen atoms in total. The maximum absolute atomic E-state index is 14.9. The standard InChI is InChI=1S/C21H23FN4OS/c1-11-23-16-9-14(18(27)10-19(16)28-11)15-5-6-20(25-24-15)26(2)17-8-12-3-4-13(7-12)21(17)22/h5-6,9-10,12-13,17,21,27H,3-4,7-8H2,1-2H3/t12-,13+,17+,21-/m0/s1. The molecule has 0 radical (unpaired) electrons. The molecular weight excluding hydrogens is 375 g/mol. The monoisotopic (exact) mass is 398 g/mol. The molecule has 0 unspecified atom stereocenters. The molecule has 2 bridgehead atoms. The number of fused-ring (bicyclic) bond motifs is 3. The van der Waals surface area contributed by atoms with E-state index in [-0.39, 0.29) is 17.7 Å². The highest BCUT2D eigenvalue weighted by molar-refractivity contribution is 7.18. The third-order valence-corrected chi connectivity index (χ3v) is 7.31. The highest BCUT2D eigenvalue weighted by Gasteiger charge is 2.44. The fraction of sp³-hybridized carbons (Fsp3) is 0.476. The summed E-state index contributed by atoms with van der Waals surface area (Å²) in [6.45, 7) is 1.95. The van der Waals surface area contributed by atoms with Crippen LogP contribution in [0.5, 0.6) is 5.75 Å². The molecule has 7 heteroatoms. The van der Waals surface area contributed by atoms with Crippen molar-refractivity contribution in [3.05, 3.63) is 29.3 Å². The molecule has 0 aliphatic heterocycles. The molecule has 146 valence electrons. The van der Waals surface area contributed by atoms with Crippen molar-refractivity contribution in [2.75, 3.05) is 11.9 Å². The van der Waals surface area contributed by atoms with E-state index in [0.29, 0.717) is 23.0 Å². The number of thiazole rings is 1.